The number of amides is 2. The number of nitrogens with zero attached hydrogens (tertiary/aromatic N) is 3. The van der Waals surface area contributed by atoms with Crippen molar-refractivity contribution in [1.82, 2.24) is 20.4 Å². The van der Waals surface area contributed by atoms with Gasteiger partial charge in [-0.25, -0.2) is 0 Å². The van der Waals surface area contributed by atoms with Crippen molar-refractivity contribution in [1.29, 1.82) is 0 Å². The molecule has 1 aromatic carbocycles. The molecule has 1 atom stereocenters. The maximum atomic E-state index is 13.0. The molecule has 148 valence electrons. The highest BCUT2D eigenvalue weighted by atomic mass is 35.5. The third kappa shape index (κ3) is 3.82. The second-order valence-electron chi connectivity index (χ2n) is 7.04. The van der Waals surface area contributed by atoms with Crippen LogP contribution in [0.2, 0.25) is 5.02 Å². The summed E-state index contributed by atoms with van der Waals surface area (Å²) in [5, 5.41) is 7.18. The van der Waals surface area contributed by atoms with Crippen molar-refractivity contribution < 1.29 is 18.8 Å². The number of rotatable bonds is 6. The molecule has 0 spiro atoms. The number of halogens is 1. The van der Waals surface area contributed by atoms with Crippen LogP contribution < -0.4 is 10.1 Å². The van der Waals surface area contributed by atoms with E-state index in [4.69, 9.17) is 20.9 Å². The predicted molar refractivity (Wildman–Crippen MR) is 100 cm³/mol. The summed E-state index contributed by atoms with van der Waals surface area (Å²) in [4.78, 5) is 31.6. The highest BCUT2D eigenvalue weighted by Crippen LogP contribution is 2.38. The number of carbonyl (C=O) groups is 2. The Bertz CT molecular complexity index is 896. The van der Waals surface area contributed by atoms with Gasteiger partial charge in [-0.3, -0.25) is 9.59 Å². The van der Waals surface area contributed by atoms with Crippen molar-refractivity contribution in [2.75, 3.05) is 13.7 Å². The zero-order chi connectivity index (χ0) is 19.7. The zero-order valence-electron chi connectivity index (χ0n) is 15.5. The van der Waals surface area contributed by atoms with E-state index >= 15 is 0 Å². The van der Waals surface area contributed by atoms with E-state index in [0.29, 0.717) is 46.9 Å². The van der Waals surface area contributed by atoms with Gasteiger partial charge in [0.05, 0.1) is 19.2 Å². The Morgan fingerprint density at radius 2 is 2.18 bits per heavy atom. The summed E-state index contributed by atoms with van der Waals surface area (Å²) in [7, 11) is 1.49. The molecule has 1 N–H and O–H groups in total. The van der Waals surface area contributed by atoms with Crippen molar-refractivity contribution >= 4 is 23.4 Å². The summed E-state index contributed by atoms with van der Waals surface area (Å²) in [5.74, 6) is 1.39. The first-order valence-corrected chi connectivity index (χ1v) is 9.69. The smallest absolute Gasteiger partial charge is 0.258 e. The molecule has 1 saturated carbocycles. The lowest BCUT2D eigenvalue weighted by Gasteiger charge is -2.24. The van der Waals surface area contributed by atoms with Gasteiger partial charge in [-0.05, 0) is 43.9 Å². The van der Waals surface area contributed by atoms with Gasteiger partial charge in [-0.1, -0.05) is 16.8 Å². The maximum absolute atomic E-state index is 13.0. The molecule has 2 aliphatic rings. The fraction of sp³-hybridized carbons (Fsp3) is 0.474. The Morgan fingerprint density at radius 1 is 1.36 bits per heavy atom. The zero-order valence-corrected chi connectivity index (χ0v) is 16.2. The molecular weight excluding hydrogens is 384 g/mol. The van der Waals surface area contributed by atoms with E-state index in [-0.39, 0.29) is 18.4 Å². The predicted octanol–water partition coefficient (Wildman–Crippen LogP) is 2.53. The SMILES string of the molecule is COc1ccc(Cl)cc1C(=O)N1CCC[C@@H]1C(=O)NCc1nc(C2CC2)no1. The van der Waals surface area contributed by atoms with E-state index in [1.54, 1.807) is 23.1 Å². The van der Waals surface area contributed by atoms with Gasteiger partial charge in [0.2, 0.25) is 11.8 Å². The van der Waals surface area contributed by atoms with E-state index in [2.05, 4.69) is 15.5 Å². The molecule has 2 heterocycles. The summed E-state index contributed by atoms with van der Waals surface area (Å²) in [5.41, 5.74) is 0.348. The lowest BCUT2D eigenvalue weighted by molar-refractivity contribution is -0.125. The van der Waals surface area contributed by atoms with E-state index < -0.39 is 6.04 Å². The van der Waals surface area contributed by atoms with Gasteiger partial charge in [-0.15, -0.1) is 0 Å². The normalized spacial score (nSPS) is 18.9. The lowest BCUT2D eigenvalue weighted by atomic mass is 10.1. The topological polar surface area (TPSA) is 97.6 Å². The molecule has 2 aromatic rings. The van der Waals surface area contributed by atoms with Crippen LogP contribution in [-0.4, -0.2) is 46.6 Å². The summed E-state index contributed by atoms with van der Waals surface area (Å²) < 4.78 is 10.5. The number of carbonyl (C=O) groups excluding carboxylic acids is 2. The van der Waals surface area contributed by atoms with Crippen molar-refractivity contribution in [2.45, 2.75) is 44.2 Å². The van der Waals surface area contributed by atoms with Crippen LogP contribution in [0.3, 0.4) is 0 Å². The number of hydrogen-bond acceptors (Lipinski definition) is 6. The summed E-state index contributed by atoms with van der Waals surface area (Å²) in [6.07, 6.45) is 3.51. The van der Waals surface area contributed by atoms with E-state index in [9.17, 15) is 9.59 Å². The number of benzene rings is 1. The van der Waals surface area contributed by atoms with Gasteiger partial charge in [0.15, 0.2) is 5.82 Å². The van der Waals surface area contributed by atoms with Gasteiger partial charge in [0, 0.05) is 17.5 Å². The number of hydrogen-bond donors (Lipinski definition) is 1. The van der Waals surface area contributed by atoms with Crippen LogP contribution >= 0.6 is 11.6 Å². The van der Waals surface area contributed by atoms with E-state index in [0.717, 1.165) is 19.3 Å². The standard InChI is InChI=1S/C19H21ClN4O4/c1-27-15-7-6-12(20)9-13(15)19(26)24-8-2-3-14(24)18(25)21-10-16-22-17(23-28-16)11-4-5-11/h6-7,9,11,14H,2-5,8,10H2,1H3,(H,21,25)/t14-/m1/s1. The summed E-state index contributed by atoms with van der Waals surface area (Å²) in [6, 6.07) is 4.31. The maximum Gasteiger partial charge on any atom is 0.258 e. The number of aromatic nitrogens is 2. The number of likely N-dealkylation sites (tertiary alicyclic amines) is 1. The molecule has 8 nitrogen and oxygen atoms in total. The van der Waals surface area contributed by atoms with Gasteiger partial charge in [0.25, 0.3) is 5.91 Å². The highest BCUT2D eigenvalue weighted by Gasteiger charge is 2.36. The second-order valence-corrected chi connectivity index (χ2v) is 7.48. The van der Waals surface area contributed by atoms with Gasteiger partial charge >= 0.3 is 0 Å². The minimum absolute atomic E-state index is 0.150. The highest BCUT2D eigenvalue weighted by molar-refractivity contribution is 6.31. The Labute approximate surface area is 167 Å². The molecule has 28 heavy (non-hydrogen) atoms. The first-order chi connectivity index (χ1) is 13.6. The molecular formula is C19H21ClN4O4. The van der Waals surface area contributed by atoms with E-state index in [1.165, 1.54) is 7.11 Å². The molecule has 0 bridgehead atoms. The molecule has 2 amide bonds. The molecule has 0 radical (unpaired) electrons. The first-order valence-electron chi connectivity index (χ1n) is 9.31. The van der Waals surface area contributed by atoms with Gasteiger partial charge in [0.1, 0.15) is 11.8 Å². The minimum Gasteiger partial charge on any atom is -0.496 e. The average molecular weight is 405 g/mol. The average Bonchev–Trinajstić information content (AvgIpc) is 3.24. The lowest BCUT2D eigenvalue weighted by Crippen LogP contribution is -2.45. The molecule has 1 aromatic heterocycles. The van der Waals surface area contributed by atoms with Crippen LogP contribution in [0.25, 0.3) is 0 Å². The molecule has 1 aliphatic carbocycles. The number of methoxy groups -OCH3 is 1. The van der Waals surface area contributed by atoms with Gasteiger partial charge in [-0.2, -0.15) is 4.98 Å². The minimum atomic E-state index is -0.554. The Hall–Kier alpha value is -2.61. The van der Waals surface area contributed by atoms with Crippen molar-refractivity contribution in [2.24, 2.45) is 0 Å². The van der Waals surface area contributed by atoms with Gasteiger partial charge < -0.3 is 19.5 Å². The summed E-state index contributed by atoms with van der Waals surface area (Å²) >= 11 is 6.04. The van der Waals surface area contributed by atoms with Crippen molar-refractivity contribution in [3.8, 4) is 5.75 Å². The molecule has 9 heteroatoms. The summed E-state index contributed by atoms with van der Waals surface area (Å²) in [6.45, 7) is 0.649. The largest absolute Gasteiger partial charge is 0.496 e. The number of ether oxygens (including phenoxy) is 1. The monoisotopic (exact) mass is 404 g/mol. The third-order valence-electron chi connectivity index (χ3n) is 5.05. The quantitative estimate of drug-likeness (QED) is 0.794. The Balaban J connectivity index is 1.42. The Morgan fingerprint density at radius 3 is 2.93 bits per heavy atom. The number of nitrogens with one attached hydrogen (secondary N) is 1. The van der Waals surface area contributed by atoms with Crippen LogP contribution in [0.15, 0.2) is 22.7 Å². The Kier molecular flexibility index (Phi) is 5.21. The fourth-order valence-electron chi connectivity index (χ4n) is 3.41. The fourth-order valence-corrected chi connectivity index (χ4v) is 3.58. The first kappa shape index (κ1) is 18.7. The van der Waals surface area contributed by atoms with Crippen molar-refractivity contribution in [3.05, 3.63) is 40.5 Å². The van der Waals surface area contributed by atoms with E-state index in [1.807, 2.05) is 0 Å². The van der Waals surface area contributed by atoms with Crippen LogP contribution in [0.1, 0.15) is 53.7 Å². The van der Waals surface area contributed by atoms with Crippen LogP contribution in [0.4, 0.5) is 0 Å². The van der Waals surface area contributed by atoms with Crippen LogP contribution in [0, 0.1) is 0 Å². The molecule has 1 aliphatic heterocycles. The molecule has 2 fully saturated rings. The molecule has 1 saturated heterocycles. The molecule has 4 rings (SSSR count). The van der Waals surface area contributed by atoms with Crippen LogP contribution in [-0.2, 0) is 11.3 Å². The van der Waals surface area contributed by atoms with Crippen LogP contribution in [0.5, 0.6) is 5.75 Å². The molecule has 0 unspecified atom stereocenters. The van der Waals surface area contributed by atoms with Crippen molar-refractivity contribution in [3.63, 3.8) is 0 Å². The second kappa shape index (κ2) is 7.79. The third-order valence-corrected chi connectivity index (χ3v) is 5.28.